The summed E-state index contributed by atoms with van der Waals surface area (Å²) >= 11 is 6.85. The highest BCUT2D eigenvalue weighted by Gasteiger charge is 2.29. The molecule has 4 aromatic carbocycles. The van der Waals surface area contributed by atoms with Gasteiger partial charge in [0.15, 0.2) is 17.2 Å². The summed E-state index contributed by atoms with van der Waals surface area (Å²) in [5.74, 6) is 1.66. The van der Waals surface area contributed by atoms with Crippen LogP contribution in [-0.2, 0) is 17.9 Å². The summed E-state index contributed by atoms with van der Waals surface area (Å²) in [5, 5.41) is 20.2. The Morgan fingerprint density at radius 3 is 2.71 bits per heavy atom. The van der Waals surface area contributed by atoms with Gasteiger partial charge in [-0.1, -0.05) is 48.4 Å². The highest BCUT2D eigenvalue weighted by molar-refractivity contribution is 6.32. The van der Waals surface area contributed by atoms with Crippen LogP contribution in [0.1, 0.15) is 36.0 Å². The molecular weight excluding hydrogens is 632 g/mol. The van der Waals surface area contributed by atoms with Crippen LogP contribution in [0.4, 0.5) is 0 Å². The molecule has 242 valence electrons. The number of likely N-dealkylation sites (tertiary alicyclic amines) is 1. The number of benzene rings is 4. The molecule has 1 saturated heterocycles. The van der Waals surface area contributed by atoms with Crippen molar-refractivity contribution in [2.75, 3.05) is 19.8 Å². The number of rotatable bonds is 9. The van der Waals surface area contributed by atoms with Crippen LogP contribution >= 0.6 is 11.6 Å². The Hall–Kier alpha value is -5.37. The summed E-state index contributed by atoms with van der Waals surface area (Å²) < 4.78 is 24.2. The van der Waals surface area contributed by atoms with Crippen LogP contribution in [0.3, 0.4) is 0 Å². The summed E-state index contributed by atoms with van der Waals surface area (Å²) in [4.78, 5) is 23.0. The summed E-state index contributed by atoms with van der Waals surface area (Å²) in [7, 11) is 0. The van der Waals surface area contributed by atoms with E-state index in [0.717, 1.165) is 35.1 Å². The summed E-state index contributed by atoms with van der Waals surface area (Å²) in [6.07, 6.45) is 3.80. The van der Waals surface area contributed by atoms with Gasteiger partial charge in [-0.05, 0) is 66.9 Å². The minimum absolute atomic E-state index is 0.182. The Kier molecular flexibility index (Phi) is 8.97. The zero-order chi connectivity index (χ0) is 33.0. The van der Waals surface area contributed by atoms with Crippen molar-refractivity contribution in [1.29, 1.82) is 5.26 Å². The maximum atomic E-state index is 12.1. The van der Waals surface area contributed by atoms with Crippen LogP contribution in [0, 0.1) is 11.3 Å². The molecule has 10 nitrogen and oxygen atoms in total. The summed E-state index contributed by atoms with van der Waals surface area (Å²) in [6, 6.07) is 23.8. The Morgan fingerprint density at radius 1 is 1.00 bits per heavy atom. The molecule has 1 fully saturated rings. The van der Waals surface area contributed by atoms with Gasteiger partial charge in [0.1, 0.15) is 37.9 Å². The van der Waals surface area contributed by atoms with Crippen LogP contribution < -0.4 is 18.9 Å². The lowest BCUT2D eigenvalue weighted by atomic mass is 10.0. The molecular formula is C37H31ClN4O6. The first-order valence-electron chi connectivity index (χ1n) is 15.7. The molecule has 1 atom stereocenters. The molecule has 5 aromatic rings. The third-order valence-corrected chi connectivity index (χ3v) is 8.82. The van der Waals surface area contributed by atoms with Crippen LogP contribution in [0.15, 0.2) is 79.1 Å². The van der Waals surface area contributed by atoms with E-state index in [9.17, 15) is 15.2 Å². The van der Waals surface area contributed by atoms with Crippen molar-refractivity contribution >= 4 is 28.5 Å². The molecule has 2 aliphatic rings. The zero-order valence-corrected chi connectivity index (χ0v) is 26.7. The standard InChI is InChI=1S/C37H31ClN4O6/c38-29-16-26(20-42-12-2-1-9-30(42)37(43)44)32(47-21-24-6-3-5-23(15-24)19-39)18-33(29)48-36-28-8-4-7-27(35(28)40-22-41-36)25-10-11-31-34(17-25)46-14-13-45-31/h3-8,10-11,15-18,22,30H,1-2,9,12-14,20-21H2,(H,43,44)/t30-/m0/s1. The fourth-order valence-corrected chi connectivity index (χ4v) is 6.40. The molecule has 7 rings (SSSR count). The first-order chi connectivity index (χ1) is 23.5. The largest absolute Gasteiger partial charge is 0.488 e. The van der Waals surface area contributed by atoms with Gasteiger partial charge in [-0.15, -0.1) is 0 Å². The van der Waals surface area contributed by atoms with Crippen molar-refractivity contribution in [3.05, 3.63) is 101 Å². The van der Waals surface area contributed by atoms with Crippen molar-refractivity contribution in [2.45, 2.75) is 38.5 Å². The zero-order valence-electron chi connectivity index (χ0n) is 25.9. The number of piperidine rings is 1. The molecule has 0 amide bonds. The number of carboxylic acids is 1. The van der Waals surface area contributed by atoms with E-state index in [2.05, 4.69) is 16.0 Å². The van der Waals surface area contributed by atoms with Gasteiger partial charge in [0.05, 0.1) is 27.6 Å². The van der Waals surface area contributed by atoms with Crippen molar-refractivity contribution in [1.82, 2.24) is 14.9 Å². The molecule has 0 spiro atoms. The van der Waals surface area contributed by atoms with Gasteiger partial charge in [-0.3, -0.25) is 9.69 Å². The predicted molar refractivity (Wildman–Crippen MR) is 179 cm³/mol. The first kappa shape index (κ1) is 31.2. The maximum absolute atomic E-state index is 12.1. The van der Waals surface area contributed by atoms with Gasteiger partial charge in [0.2, 0.25) is 5.88 Å². The number of nitrogens with zero attached hydrogens (tertiary/aromatic N) is 4. The van der Waals surface area contributed by atoms with Crippen LogP contribution in [0.5, 0.6) is 28.9 Å². The van der Waals surface area contributed by atoms with E-state index < -0.39 is 12.0 Å². The molecule has 0 bridgehead atoms. The number of ether oxygens (including phenoxy) is 4. The van der Waals surface area contributed by atoms with Crippen molar-refractivity contribution in [2.24, 2.45) is 0 Å². The van der Waals surface area contributed by atoms with Gasteiger partial charge in [-0.25, -0.2) is 9.97 Å². The third-order valence-electron chi connectivity index (χ3n) is 8.53. The second kappa shape index (κ2) is 13.8. The fourth-order valence-electron chi connectivity index (χ4n) is 6.18. The van der Waals surface area contributed by atoms with E-state index in [4.69, 9.17) is 30.5 Å². The van der Waals surface area contributed by atoms with E-state index in [0.29, 0.717) is 83.1 Å². The number of aliphatic carboxylic acids is 1. The highest BCUT2D eigenvalue weighted by atomic mass is 35.5. The second-order valence-electron chi connectivity index (χ2n) is 11.7. The SMILES string of the molecule is N#Cc1cccc(COc2cc(Oc3ncnc4c(-c5ccc6c(c5)OCCO6)cccc34)c(Cl)cc2CN2CCCC[C@H]2C(=O)O)c1. The Bertz CT molecular complexity index is 2050. The normalized spacial score (nSPS) is 15.9. The summed E-state index contributed by atoms with van der Waals surface area (Å²) in [5.41, 5.74) is 4.53. The molecule has 11 heteroatoms. The number of hydrogen-bond acceptors (Lipinski definition) is 9. The van der Waals surface area contributed by atoms with Gasteiger partial charge in [-0.2, -0.15) is 5.26 Å². The van der Waals surface area contributed by atoms with E-state index in [-0.39, 0.29) is 6.61 Å². The molecule has 48 heavy (non-hydrogen) atoms. The van der Waals surface area contributed by atoms with E-state index in [1.807, 2.05) is 47.4 Å². The van der Waals surface area contributed by atoms with Crippen LogP contribution in [-0.4, -0.2) is 51.7 Å². The quantitative estimate of drug-likeness (QED) is 0.170. The lowest BCUT2D eigenvalue weighted by molar-refractivity contribution is -0.144. The second-order valence-corrected chi connectivity index (χ2v) is 12.1. The molecule has 0 unspecified atom stereocenters. The third kappa shape index (κ3) is 6.56. The molecule has 1 aromatic heterocycles. The molecule has 3 heterocycles. The number of halogens is 1. The van der Waals surface area contributed by atoms with E-state index >= 15 is 0 Å². The van der Waals surface area contributed by atoms with Gasteiger partial charge < -0.3 is 24.1 Å². The minimum atomic E-state index is -0.845. The smallest absolute Gasteiger partial charge is 0.320 e. The summed E-state index contributed by atoms with van der Waals surface area (Å²) in [6.45, 7) is 2.17. The van der Waals surface area contributed by atoms with E-state index in [1.165, 1.54) is 6.33 Å². The minimum Gasteiger partial charge on any atom is -0.488 e. The lowest BCUT2D eigenvalue weighted by Crippen LogP contribution is -2.44. The average molecular weight is 663 g/mol. The highest BCUT2D eigenvalue weighted by Crippen LogP contribution is 2.41. The average Bonchev–Trinajstić information content (AvgIpc) is 3.12. The van der Waals surface area contributed by atoms with Crippen molar-refractivity contribution in [3.63, 3.8) is 0 Å². The number of carboxylic acid groups (broad SMARTS) is 1. The van der Waals surface area contributed by atoms with Crippen LogP contribution in [0.25, 0.3) is 22.0 Å². The number of fused-ring (bicyclic) bond motifs is 2. The maximum Gasteiger partial charge on any atom is 0.320 e. The monoisotopic (exact) mass is 662 g/mol. The predicted octanol–water partition coefficient (Wildman–Crippen LogP) is 7.40. The Morgan fingerprint density at radius 2 is 1.85 bits per heavy atom. The number of para-hydroxylation sites is 1. The van der Waals surface area contributed by atoms with Crippen molar-refractivity contribution < 1.29 is 28.8 Å². The first-order valence-corrected chi connectivity index (χ1v) is 16.1. The number of nitriles is 1. The molecule has 0 saturated carbocycles. The van der Waals surface area contributed by atoms with Gasteiger partial charge in [0, 0.05) is 23.7 Å². The number of aromatic nitrogens is 2. The number of carbonyl (C=O) groups is 1. The molecule has 0 radical (unpaired) electrons. The molecule has 1 N–H and O–H groups in total. The fraction of sp³-hybridized carbons (Fsp3) is 0.243. The lowest BCUT2D eigenvalue weighted by Gasteiger charge is -2.33. The van der Waals surface area contributed by atoms with Crippen LogP contribution in [0.2, 0.25) is 5.02 Å². The van der Waals surface area contributed by atoms with Gasteiger partial charge >= 0.3 is 5.97 Å². The number of hydrogen-bond donors (Lipinski definition) is 1. The van der Waals surface area contributed by atoms with Crippen molar-refractivity contribution in [3.8, 4) is 46.1 Å². The topological polar surface area (TPSA) is 127 Å². The van der Waals surface area contributed by atoms with Gasteiger partial charge in [0.25, 0.3) is 0 Å². The molecule has 2 aliphatic heterocycles. The molecule has 0 aliphatic carbocycles. The Labute approximate surface area is 282 Å². The Balaban J connectivity index is 1.23. The van der Waals surface area contributed by atoms with E-state index in [1.54, 1.807) is 30.3 Å².